The van der Waals surface area contributed by atoms with Crippen molar-refractivity contribution in [3.05, 3.63) is 35.0 Å². The first-order valence-corrected chi connectivity index (χ1v) is 8.28. The molecule has 1 N–H and O–H groups in total. The maximum Gasteiger partial charge on any atom is 0.0517 e. The molecule has 1 atom stereocenters. The molecule has 5 rings (SSSR count). The summed E-state index contributed by atoms with van der Waals surface area (Å²) in [6.07, 6.45) is 9.23. The molecular formula is C18H22N2. The Labute approximate surface area is 120 Å². The molecule has 0 spiro atoms. The van der Waals surface area contributed by atoms with Gasteiger partial charge < -0.3 is 9.88 Å². The molecule has 2 aliphatic carbocycles. The summed E-state index contributed by atoms with van der Waals surface area (Å²) in [5, 5.41) is 5.40. The Bertz CT molecular complexity index is 678. The van der Waals surface area contributed by atoms with E-state index in [1.54, 1.807) is 27.7 Å². The third-order valence-corrected chi connectivity index (χ3v) is 5.45. The SMILES string of the molecule is c1cc2c3c(c1)c1c(n3CCC2)CCC(NC2CC2)C1. The second-order valence-corrected chi connectivity index (χ2v) is 6.87. The summed E-state index contributed by atoms with van der Waals surface area (Å²) in [5.74, 6) is 0. The zero-order valence-electron chi connectivity index (χ0n) is 12.0. The number of aryl methyl sites for hydroxylation is 2. The molecule has 0 radical (unpaired) electrons. The Morgan fingerprint density at radius 3 is 2.90 bits per heavy atom. The molecule has 0 bridgehead atoms. The van der Waals surface area contributed by atoms with Crippen LogP contribution in [0.3, 0.4) is 0 Å². The lowest BCUT2D eigenvalue weighted by Crippen LogP contribution is -2.36. The van der Waals surface area contributed by atoms with Gasteiger partial charge in [0.2, 0.25) is 0 Å². The van der Waals surface area contributed by atoms with Crippen LogP contribution in [-0.2, 0) is 25.8 Å². The van der Waals surface area contributed by atoms with Gasteiger partial charge in [-0.3, -0.25) is 0 Å². The van der Waals surface area contributed by atoms with Gasteiger partial charge in [0.15, 0.2) is 0 Å². The normalized spacial score (nSPS) is 24.9. The van der Waals surface area contributed by atoms with E-state index >= 15 is 0 Å². The van der Waals surface area contributed by atoms with Crippen LogP contribution in [0.1, 0.15) is 42.5 Å². The van der Waals surface area contributed by atoms with E-state index < -0.39 is 0 Å². The minimum absolute atomic E-state index is 0.721. The van der Waals surface area contributed by atoms with Crippen LogP contribution < -0.4 is 5.32 Å². The number of para-hydroxylation sites is 1. The van der Waals surface area contributed by atoms with Crippen LogP contribution in [-0.4, -0.2) is 16.7 Å². The monoisotopic (exact) mass is 266 g/mol. The Morgan fingerprint density at radius 2 is 2.00 bits per heavy atom. The fourth-order valence-electron chi connectivity index (χ4n) is 4.38. The first-order chi connectivity index (χ1) is 9.90. The van der Waals surface area contributed by atoms with Crippen LogP contribution in [0.15, 0.2) is 18.2 Å². The molecule has 1 aromatic heterocycles. The number of fused-ring (bicyclic) bond motifs is 3. The molecule has 1 aromatic carbocycles. The van der Waals surface area contributed by atoms with Crippen molar-refractivity contribution in [2.75, 3.05) is 0 Å². The van der Waals surface area contributed by atoms with Crippen LogP contribution in [0.5, 0.6) is 0 Å². The average molecular weight is 266 g/mol. The van der Waals surface area contributed by atoms with E-state index in [9.17, 15) is 0 Å². The van der Waals surface area contributed by atoms with Gasteiger partial charge in [0.25, 0.3) is 0 Å². The highest BCUT2D eigenvalue weighted by Gasteiger charge is 2.30. The fourth-order valence-corrected chi connectivity index (χ4v) is 4.38. The number of hydrogen-bond donors (Lipinski definition) is 1. The third kappa shape index (κ3) is 1.61. The van der Waals surface area contributed by atoms with E-state index in [0.717, 1.165) is 12.1 Å². The van der Waals surface area contributed by atoms with Crippen molar-refractivity contribution < 1.29 is 0 Å². The summed E-state index contributed by atoms with van der Waals surface area (Å²) in [4.78, 5) is 0. The summed E-state index contributed by atoms with van der Waals surface area (Å²) < 4.78 is 2.65. The molecule has 2 heterocycles. The largest absolute Gasteiger partial charge is 0.344 e. The second kappa shape index (κ2) is 4.11. The van der Waals surface area contributed by atoms with Gasteiger partial charge in [0, 0.05) is 29.7 Å². The molecule has 2 aromatic rings. The van der Waals surface area contributed by atoms with Gasteiger partial charge in [-0.05, 0) is 56.1 Å². The Kier molecular flexibility index (Phi) is 2.34. The molecule has 1 fully saturated rings. The number of hydrogen-bond acceptors (Lipinski definition) is 1. The Balaban J connectivity index is 1.63. The molecule has 3 aliphatic rings. The predicted molar refractivity (Wildman–Crippen MR) is 82.2 cm³/mol. The van der Waals surface area contributed by atoms with Crippen LogP contribution in [0, 0.1) is 0 Å². The van der Waals surface area contributed by atoms with Gasteiger partial charge in [-0.2, -0.15) is 0 Å². The van der Waals surface area contributed by atoms with Crippen molar-refractivity contribution in [1.82, 2.24) is 9.88 Å². The van der Waals surface area contributed by atoms with E-state index in [1.165, 1.54) is 51.5 Å². The molecule has 1 unspecified atom stereocenters. The van der Waals surface area contributed by atoms with Gasteiger partial charge in [-0.15, -0.1) is 0 Å². The highest BCUT2D eigenvalue weighted by atomic mass is 15.0. The van der Waals surface area contributed by atoms with Crippen molar-refractivity contribution in [2.45, 2.75) is 63.6 Å². The Morgan fingerprint density at radius 1 is 1.05 bits per heavy atom. The van der Waals surface area contributed by atoms with Gasteiger partial charge in [-0.25, -0.2) is 0 Å². The minimum atomic E-state index is 0.721. The molecule has 0 saturated heterocycles. The van der Waals surface area contributed by atoms with Crippen molar-refractivity contribution >= 4 is 10.9 Å². The van der Waals surface area contributed by atoms with Crippen LogP contribution in [0.2, 0.25) is 0 Å². The zero-order chi connectivity index (χ0) is 13.1. The van der Waals surface area contributed by atoms with E-state index in [2.05, 4.69) is 28.1 Å². The van der Waals surface area contributed by atoms with Crippen LogP contribution in [0.25, 0.3) is 10.9 Å². The molecule has 1 saturated carbocycles. The van der Waals surface area contributed by atoms with Gasteiger partial charge in [0.05, 0.1) is 5.52 Å². The van der Waals surface area contributed by atoms with E-state index in [1.807, 2.05) is 0 Å². The number of nitrogens with zero attached hydrogens (tertiary/aromatic N) is 1. The van der Waals surface area contributed by atoms with Crippen LogP contribution >= 0.6 is 0 Å². The summed E-state index contributed by atoms with van der Waals surface area (Å²) in [5.41, 5.74) is 6.46. The summed E-state index contributed by atoms with van der Waals surface area (Å²) >= 11 is 0. The van der Waals surface area contributed by atoms with E-state index in [-0.39, 0.29) is 0 Å². The summed E-state index contributed by atoms with van der Waals surface area (Å²) in [6, 6.07) is 8.52. The quantitative estimate of drug-likeness (QED) is 0.883. The molecule has 2 heteroatoms. The molecular weight excluding hydrogens is 244 g/mol. The van der Waals surface area contributed by atoms with E-state index in [0.29, 0.717) is 0 Å². The zero-order valence-corrected chi connectivity index (χ0v) is 12.0. The van der Waals surface area contributed by atoms with Crippen molar-refractivity contribution in [1.29, 1.82) is 0 Å². The summed E-state index contributed by atoms with van der Waals surface area (Å²) in [7, 11) is 0. The predicted octanol–water partition coefficient (Wildman–Crippen LogP) is 3.20. The van der Waals surface area contributed by atoms with E-state index in [4.69, 9.17) is 0 Å². The highest BCUT2D eigenvalue weighted by Crippen LogP contribution is 2.37. The Hall–Kier alpha value is -1.28. The number of aromatic nitrogens is 1. The number of nitrogens with one attached hydrogen (secondary N) is 1. The maximum atomic E-state index is 3.85. The molecule has 2 nitrogen and oxygen atoms in total. The van der Waals surface area contributed by atoms with Gasteiger partial charge >= 0.3 is 0 Å². The summed E-state index contributed by atoms with van der Waals surface area (Å²) in [6.45, 7) is 1.24. The minimum Gasteiger partial charge on any atom is -0.344 e. The first kappa shape index (κ1) is 11.4. The van der Waals surface area contributed by atoms with Gasteiger partial charge in [-0.1, -0.05) is 18.2 Å². The van der Waals surface area contributed by atoms with Gasteiger partial charge in [0.1, 0.15) is 0 Å². The highest BCUT2D eigenvalue weighted by molar-refractivity contribution is 5.89. The van der Waals surface area contributed by atoms with Crippen molar-refractivity contribution in [3.63, 3.8) is 0 Å². The molecule has 20 heavy (non-hydrogen) atoms. The third-order valence-electron chi connectivity index (χ3n) is 5.45. The topological polar surface area (TPSA) is 17.0 Å². The molecule has 104 valence electrons. The lowest BCUT2D eigenvalue weighted by atomic mass is 9.91. The number of benzene rings is 1. The number of rotatable bonds is 2. The van der Waals surface area contributed by atoms with Crippen LogP contribution in [0.4, 0.5) is 0 Å². The molecule has 0 amide bonds. The fraction of sp³-hybridized carbons (Fsp3) is 0.556. The average Bonchev–Trinajstić information content (AvgIpc) is 3.24. The smallest absolute Gasteiger partial charge is 0.0517 e. The second-order valence-electron chi connectivity index (χ2n) is 6.87. The molecule has 1 aliphatic heterocycles. The lowest BCUT2D eigenvalue weighted by molar-refractivity contribution is 0.445. The first-order valence-electron chi connectivity index (χ1n) is 8.28. The van der Waals surface area contributed by atoms with Crippen molar-refractivity contribution in [3.8, 4) is 0 Å². The lowest BCUT2D eigenvalue weighted by Gasteiger charge is -2.25. The maximum absolute atomic E-state index is 3.85. The van der Waals surface area contributed by atoms with Crippen molar-refractivity contribution in [2.24, 2.45) is 0 Å². The standard InChI is InChI=1S/C18H22N2/c1-3-12-4-2-10-20-17-9-8-14(19-13-6-7-13)11-16(17)15(5-1)18(12)20/h1,3,5,13-14,19H,2,4,6-11H2.